The minimum atomic E-state index is 0.657. The Labute approximate surface area is 194 Å². The first kappa shape index (κ1) is 21.5. The molecule has 3 heterocycles. The number of rotatable bonds is 8. The van der Waals surface area contributed by atoms with Crippen molar-refractivity contribution in [2.24, 2.45) is 0 Å². The summed E-state index contributed by atoms with van der Waals surface area (Å²) in [6, 6.07) is 10.2. The van der Waals surface area contributed by atoms with Gasteiger partial charge < -0.3 is 24.7 Å². The van der Waals surface area contributed by atoms with E-state index in [-0.39, 0.29) is 0 Å². The highest BCUT2D eigenvalue weighted by atomic mass is 16.5. The molecule has 1 aliphatic heterocycles. The quantitative estimate of drug-likeness (QED) is 0.356. The predicted octanol–water partition coefficient (Wildman–Crippen LogP) is 5.34. The van der Waals surface area contributed by atoms with Gasteiger partial charge >= 0.3 is 0 Å². The molecule has 0 unspecified atom stereocenters. The van der Waals surface area contributed by atoms with Crippen LogP contribution in [0.4, 0.5) is 11.5 Å². The molecule has 172 valence electrons. The molecule has 5 rings (SSSR count). The van der Waals surface area contributed by atoms with Gasteiger partial charge in [0.25, 0.3) is 0 Å². The molecule has 7 heteroatoms. The number of fused-ring (bicyclic) bond motifs is 2. The van der Waals surface area contributed by atoms with Crippen molar-refractivity contribution in [3.63, 3.8) is 0 Å². The molecule has 7 nitrogen and oxygen atoms in total. The number of anilines is 2. The van der Waals surface area contributed by atoms with E-state index >= 15 is 0 Å². The molecule has 0 amide bonds. The fourth-order valence-electron chi connectivity index (χ4n) is 4.59. The monoisotopic (exact) mass is 445 g/mol. The third-order valence-corrected chi connectivity index (χ3v) is 6.57. The average molecular weight is 446 g/mol. The molecule has 0 spiro atoms. The van der Waals surface area contributed by atoms with Crippen LogP contribution >= 0.6 is 0 Å². The van der Waals surface area contributed by atoms with Crippen molar-refractivity contribution >= 4 is 33.3 Å². The van der Waals surface area contributed by atoms with Crippen LogP contribution in [0, 0.1) is 13.8 Å². The molecule has 33 heavy (non-hydrogen) atoms. The van der Waals surface area contributed by atoms with Crippen molar-refractivity contribution in [3.8, 4) is 11.5 Å². The Hall–Kier alpha value is -3.32. The number of likely N-dealkylation sites (tertiary alicyclic amines) is 1. The Morgan fingerprint density at radius 3 is 2.70 bits per heavy atom. The first-order valence-corrected chi connectivity index (χ1v) is 11.7. The van der Waals surface area contributed by atoms with Gasteiger partial charge in [0, 0.05) is 40.3 Å². The molecule has 2 aromatic carbocycles. The first-order valence-electron chi connectivity index (χ1n) is 11.7. The van der Waals surface area contributed by atoms with Crippen molar-refractivity contribution in [2.75, 3.05) is 38.7 Å². The van der Waals surface area contributed by atoms with Crippen LogP contribution in [-0.2, 0) is 0 Å². The number of aromatic nitrogens is 3. The summed E-state index contributed by atoms with van der Waals surface area (Å²) in [5, 5.41) is 5.56. The fraction of sp³-hybridized carbons (Fsp3) is 0.385. The maximum atomic E-state index is 6.08. The molecule has 4 aromatic rings. The fourth-order valence-corrected chi connectivity index (χ4v) is 4.59. The maximum Gasteiger partial charge on any atom is 0.163 e. The van der Waals surface area contributed by atoms with Gasteiger partial charge in [0.2, 0.25) is 0 Å². The Morgan fingerprint density at radius 1 is 1.03 bits per heavy atom. The standard InChI is InChI=1S/C26H31N5O2/c1-17-18(2)29-22-8-7-19(13-20(17)22)30-26-21-14-24(32-3)25(15-23(21)27-16-28-26)33-12-6-11-31-9-4-5-10-31/h7-8,13-16,29H,4-6,9-12H2,1-3H3,(H,27,28,30). The van der Waals surface area contributed by atoms with Crippen LogP contribution in [-0.4, -0.2) is 53.2 Å². The Balaban J connectivity index is 1.37. The largest absolute Gasteiger partial charge is 0.493 e. The Kier molecular flexibility index (Phi) is 6.05. The van der Waals surface area contributed by atoms with Crippen LogP contribution in [0.5, 0.6) is 11.5 Å². The molecule has 1 fully saturated rings. The van der Waals surface area contributed by atoms with Crippen LogP contribution in [0.2, 0.25) is 0 Å². The SMILES string of the molecule is COc1cc2c(Nc3ccc4[nH]c(C)c(C)c4c3)ncnc2cc1OCCCN1CCCC1. The molecule has 0 atom stereocenters. The highest BCUT2D eigenvalue weighted by Gasteiger charge is 2.14. The molecule has 0 radical (unpaired) electrons. The van der Waals surface area contributed by atoms with Crippen molar-refractivity contribution in [1.29, 1.82) is 0 Å². The van der Waals surface area contributed by atoms with Gasteiger partial charge in [0.15, 0.2) is 11.5 Å². The van der Waals surface area contributed by atoms with E-state index in [9.17, 15) is 0 Å². The molecular formula is C26H31N5O2. The normalized spacial score (nSPS) is 14.3. The van der Waals surface area contributed by atoms with Gasteiger partial charge in [-0.3, -0.25) is 0 Å². The van der Waals surface area contributed by atoms with Crippen molar-refractivity contribution in [2.45, 2.75) is 33.1 Å². The van der Waals surface area contributed by atoms with Crippen molar-refractivity contribution in [1.82, 2.24) is 19.9 Å². The second kappa shape index (κ2) is 9.27. The maximum absolute atomic E-state index is 6.08. The number of hydrogen-bond donors (Lipinski definition) is 2. The number of nitrogens with one attached hydrogen (secondary N) is 2. The van der Waals surface area contributed by atoms with Crippen molar-refractivity contribution in [3.05, 3.63) is 47.9 Å². The number of ether oxygens (including phenoxy) is 2. The summed E-state index contributed by atoms with van der Waals surface area (Å²) >= 11 is 0. The number of hydrogen-bond acceptors (Lipinski definition) is 6. The summed E-state index contributed by atoms with van der Waals surface area (Å²) in [6.07, 6.45) is 5.21. The smallest absolute Gasteiger partial charge is 0.163 e. The molecule has 0 aliphatic carbocycles. The van der Waals surface area contributed by atoms with E-state index in [4.69, 9.17) is 9.47 Å². The Morgan fingerprint density at radius 2 is 1.88 bits per heavy atom. The summed E-state index contributed by atoms with van der Waals surface area (Å²) in [5.41, 5.74) is 5.38. The topological polar surface area (TPSA) is 75.3 Å². The first-order chi connectivity index (χ1) is 16.1. The van der Waals surface area contributed by atoms with Crippen LogP contribution in [0.15, 0.2) is 36.7 Å². The molecule has 1 aliphatic rings. The van der Waals surface area contributed by atoms with Gasteiger partial charge in [0.05, 0.1) is 19.2 Å². The van der Waals surface area contributed by atoms with E-state index < -0.39 is 0 Å². The van der Waals surface area contributed by atoms with E-state index in [1.165, 1.54) is 42.6 Å². The molecule has 0 saturated carbocycles. The lowest BCUT2D eigenvalue weighted by Crippen LogP contribution is -2.21. The summed E-state index contributed by atoms with van der Waals surface area (Å²) in [6.45, 7) is 8.39. The molecule has 0 bridgehead atoms. The van der Waals surface area contributed by atoms with Gasteiger partial charge in [-0.1, -0.05) is 0 Å². The highest BCUT2D eigenvalue weighted by Crippen LogP contribution is 2.35. The van der Waals surface area contributed by atoms with Gasteiger partial charge in [-0.2, -0.15) is 0 Å². The average Bonchev–Trinajstić information content (AvgIpc) is 3.44. The van der Waals surface area contributed by atoms with Crippen LogP contribution in [0.25, 0.3) is 21.8 Å². The minimum Gasteiger partial charge on any atom is -0.493 e. The lowest BCUT2D eigenvalue weighted by Gasteiger charge is -2.16. The van der Waals surface area contributed by atoms with E-state index in [2.05, 4.69) is 57.2 Å². The van der Waals surface area contributed by atoms with E-state index in [1.807, 2.05) is 12.1 Å². The van der Waals surface area contributed by atoms with E-state index in [0.29, 0.717) is 12.4 Å². The van der Waals surface area contributed by atoms with Gasteiger partial charge in [-0.05, 0) is 76.0 Å². The number of H-pyrrole nitrogens is 1. The molecule has 2 N–H and O–H groups in total. The van der Waals surface area contributed by atoms with Crippen LogP contribution in [0.3, 0.4) is 0 Å². The number of aromatic amines is 1. The number of methoxy groups -OCH3 is 1. The lowest BCUT2D eigenvalue weighted by molar-refractivity contribution is 0.254. The van der Waals surface area contributed by atoms with Gasteiger partial charge in [0.1, 0.15) is 12.1 Å². The third-order valence-electron chi connectivity index (χ3n) is 6.57. The summed E-state index contributed by atoms with van der Waals surface area (Å²) in [5.74, 6) is 2.15. The number of aryl methyl sites for hydroxylation is 2. The summed E-state index contributed by atoms with van der Waals surface area (Å²) in [7, 11) is 1.67. The molecule has 2 aromatic heterocycles. The van der Waals surface area contributed by atoms with Crippen molar-refractivity contribution < 1.29 is 9.47 Å². The molecule has 1 saturated heterocycles. The second-order valence-electron chi connectivity index (χ2n) is 8.75. The van der Waals surface area contributed by atoms with E-state index in [1.54, 1.807) is 13.4 Å². The zero-order valence-electron chi connectivity index (χ0n) is 19.6. The third kappa shape index (κ3) is 4.46. The van der Waals surface area contributed by atoms with Gasteiger partial charge in [-0.25, -0.2) is 9.97 Å². The zero-order chi connectivity index (χ0) is 22.8. The number of nitrogens with zero attached hydrogens (tertiary/aromatic N) is 3. The molecular weight excluding hydrogens is 414 g/mol. The lowest BCUT2D eigenvalue weighted by atomic mass is 10.1. The van der Waals surface area contributed by atoms with Crippen LogP contribution in [0.1, 0.15) is 30.5 Å². The summed E-state index contributed by atoms with van der Waals surface area (Å²) in [4.78, 5) is 14.9. The van der Waals surface area contributed by atoms with Crippen LogP contribution < -0.4 is 14.8 Å². The highest BCUT2D eigenvalue weighted by molar-refractivity contribution is 5.94. The Bertz CT molecular complexity index is 1280. The number of benzene rings is 2. The predicted molar refractivity (Wildman–Crippen MR) is 133 cm³/mol. The second-order valence-corrected chi connectivity index (χ2v) is 8.75. The zero-order valence-corrected chi connectivity index (χ0v) is 19.6. The van der Waals surface area contributed by atoms with E-state index in [0.717, 1.165) is 46.6 Å². The summed E-state index contributed by atoms with van der Waals surface area (Å²) < 4.78 is 11.7. The minimum absolute atomic E-state index is 0.657. The van der Waals surface area contributed by atoms with Gasteiger partial charge in [-0.15, -0.1) is 0 Å².